The molecule has 18 heavy (non-hydrogen) atoms. The molecule has 0 saturated heterocycles. The minimum Gasteiger partial charge on any atom is -0.497 e. The number of carboxylic acid groups (broad SMARTS) is 1. The van der Waals surface area contributed by atoms with Crippen LogP contribution in [0.15, 0.2) is 12.1 Å². The maximum absolute atomic E-state index is 11.2. The van der Waals surface area contributed by atoms with Gasteiger partial charge in [-0.15, -0.1) is 0 Å². The standard InChI is InChI=1S/C13H17ClO4/c1-13(2,12(15)16)7-9-10(14)5-8(17-3)6-11(9)18-4/h5-6H,7H2,1-4H3,(H,15,16). The molecular formula is C13H17ClO4. The zero-order valence-corrected chi connectivity index (χ0v) is 11.7. The van der Waals surface area contributed by atoms with Crippen molar-refractivity contribution in [2.24, 2.45) is 5.41 Å². The lowest BCUT2D eigenvalue weighted by molar-refractivity contribution is -0.146. The third kappa shape index (κ3) is 3.07. The smallest absolute Gasteiger partial charge is 0.309 e. The third-order valence-corrected chi connectivity index (χ3v) is 3.12. The average molecular weight is 273 g/mol. The van der Waals surface area contributed by atoms with E-state index in [1.807, 2.05) is 0 Å². The fourth-order valence-electron chi connectivity index (χ4n) is 1.58. The number of aliphatic carboxylic acids is 1. The molecule has 0 fully saturated rings. The van der Waals surface area contributed by atoms with Crippen molar-refractivity contribution in [1.29, 1.82) is 0 Å². The van der Waals surface area contributed by atoms with E-state index in [1.165, 1.54) is 14.2 Å². The highest BCUT2D eigenvalue weighted by atomic mass is 35.5. The van der Waals surface area contributed by atoms with Gasteiger partial charge in [0.1, 0.15) is 11.5 Å². The maximum Gasteiger partial charge on any atom is 0.309 e. The summed E-state index contributed by atoms with van der Waals surface area (Å²) in [7, 11) is 3.05. The van der Waals surface area contributed by atoms with Gasteiger partial charge in [0.05, 0.1) is 24.7 Å². The zero-order valence-electron chi connectivity index (χ0n) is 10.9. The Morgan fingerprint density at radius 3 is 2.39 bits per heavy atom. The van der Waals surface area contributed by atoms with Crippen LogP contribution in [0, 0.1) is 5.41 Å². The van der Waals surface area contributed by atoms with Crippen LogP contribution in [0.3, 0.4) is 0 Å². The van der Waals surface area contributed by atoms with Gasteiger partial charge >= 0.3 is 5.97 Å². The quantitative estimate of drug-likeness (QED) is 0.895. The second kappa shape index (κ2) is 5.48. The summed E-state index contributed by atoms with van der Waals surface area (Å²) in [5.41, 5.74) is -0.238. The van der Waals surface area contributed by atoms with Gasteiger partial charge in [0, 0.05) is 11.6 Å². The van der Waals surface area contributed by atoms with Crippen molar-refractivity contribution >= 4 is 17.6 Å². The Balaban J connectivity index is 3.20. The zero-order chi connectivity index (χ0) is 13.9. The predicted octanol–water partition coefficient (Wildman–Crippen LogP) is 3.01. The first kappa shape index (κ1) is 14.6. The van der Waals surface area contributed by atoms with Gasteiger partial charge in [0.2, 0.25) is 0 Å². The summed E-state index contributed by atoms with van der Waals surface area (Å²) in [4.78, 5) is 11.2. The van der Waals surface area contributed by atoms with E-state index in [0.717, 1.165) is 0 Å². The van der Waals surface area contributed by atoms with E-state index >= 15 is 0 Å². The summed E-state index contributed by atoms with van der Waals surface area (Å²) in [6, 6.07) is 3.34. The summed E-state index contributed by atoms with van der Waals surface area (Å²) >= 11 is 6.15. The number of hydrogen-bond donors (Lipinski definition) is 1. The van der Waals surface area contributed by atoms with Crippen molar-refractivity contribution in [3.63, 3.8) is 0 Å². The van der Waals surface area contributed by atoms with Crippen molar-refractivity contribution in [1.82, 2.24) is 0 Å². The SMILES string of the molecule is COc1cc(Cl)c(CC(C)(C)C(=O)O)c(OC)c1. The highest BCUT2D eigenvalue weighted by Crippen LogP contribution is 2.36. The number of ether oxygens (including phenoxy) is 2. The maximum atomic E-state index is 11.2. The molecule has 0 spiro atoms. The van der Waals surface area contributed by atoms with E-state index in [4.69, 9.17) is 26.2 Å². The Kier molecular flexibility index (Phi) is 4.46. The normalized spacial score (nSPS) is 11.2. The molecule has 1 aromatic carbocycles. The van der Waals surface area contributed by atoms with E-state index in [9.17, 15) is 4.79 Å². The van der Waals surface area contributed by atoms with E-state index in [2.05, 4.69) is 0 Å². The largest absolute Gasteiger partial charge is 0.497 e. The van der Waals surface area contributed by atoms with Gasteiger partial charge in [-0.25, -0.2) is 0 Å². The molecule has 100 valence electrons. The Labute approximate surface area is 111 Å². The average Bonchev–Trinajstić information content (AvgIpc) is 2.30. The Bertz CT molecular complexity index is 455. The van der Waals surface area contributed by atoms with Crippen LogP contribution >= 0.6 is 11.6 Å². The number of hydrogen-bond acceptors (Lipinski definition) is 3. The second-order valence-corrected chi connectivity index (χ2v) is 5.06. The summed E-state index contributed by atoms with van der Waals surface area (Å²) in [5, 5.41) is 9.59. The number of halogens is 1. The molecule has 0 heterocycles. The van der Waals surface area contributed by atoms with Crippen LogP contribution in [0.2, 0.25) is 5.02 Å². The molecule has 0 atom stereocenters. The van der Waals surface area contributed by atoms with Gasteiger partial charge in [-0.1, -0.05) is 11.6 Å². The Morgan fingerprint density at radius 1 is 1.33 bits per heavy atom. The summed E-state index contributed by atoms with van der Waals surface area (Å²) < 4.78 is 10.3. The molecule has 1 N–H and O–H groups in total. The van der Waals surface area contributed by atoms with E-state index in [0.29, 0.717) is 22.1 Å². The lowest BCUT2D eigenvalue weighted by Gasteiger charge is -2.21. The Hall–Kier alpha value is -1.42. The lowest BCUT2D eigenvalue weighted by atomic mass is 9.85. The van der Waals surface area contributed by atoms with Crippen LogP contribution in [0.5, 0.6) is 11.5 Å². The van der Waals surface area contributed by atoms with Gasteiger partial charge in [-0.3, -0.25) is 4.79 Å². The third-order valence-electron chi connectivity index (χ3n) is 2.78. The predicted molar refractivity (Wildman–Crippen MR) is 69.7 cm³/mol. The molecule has 0 amide bonds. The first-order valence-electron chi connectivity index (χ1n) is 5.45. The molecule has 0 saturated carbocycles. The van der Waals surface area contributed by atoms with Crippen molar-refractivity contribution in [3.05, 3.63) is 22.7 Å². The van der Waals surface area contributed by atoms with Gasteiger partial charge in [-0.2, -0.15) is 0 Å². The summed E-state index contributed by atoms with van der Waals surface area (Å²) in [5.74, 6) is 0.235. The van der Waals surface area contributed by atoms with Crippen LogP contribution in [0.25, 0.3) is 0 Å². The van der Waals surface area contributed by atoms with Crippen molar-refractivity contribution in [2.45, 2.75) is 20.3 Å². The van der Waals surface area contributed by atoms with Gasteiger partial charge < -0.3 is 14.6 Å². The molecule has 0 bridgehead atoms. The number of carbonyl (C=O) groups is 1. The molecular weight excluding hydrogens is 256 g/mol. The van der Waals surface area contributed by atoms with Crippen molar-refractivity contribution in [3.8, 4) is 11.5 Å². The lowest BCUT2D eigenvalue weighted by Crippen LogP contribution is -2.26. The minimum absolute atomic E-state index is 0.286. The van der Waals surface area contributed by atoms with E-state index < -0.39 is 11.4 Å². The van der Waals surface area contributed by atoms with Crippen LogP contribution < -0.4 is 9.47 Å². The van der Waals surface area contributed by atoms with Crippen LogP contribution in [0.1, 0.15) is 19.4 Å². The molecule has 0 aliphatic carbocycles. The first-order chi connectivity index (χ1) is 8.31. The minimum atomic E-state index is -0.911. The summed E-state index contributed by atoms with van der Waals surface area (Å²) in [6.07, 6.45) is 0.286. The van der Waals surface area contributed by atoms with Gasteiger partial charge in [-0.05, 0) is 26.3 Å². The Morgan fingerprint density at radius 2 is 1.94 bits per heavy atom. The first-order valence-corrected chi connectivity index (χ1v) is 5.83. The molecule has 1 aromatic rings. The van der Waals surface area contributed by atoms with Crippen molar-refractivity contribution < 1.29 is 19.4 Å². The molecule has 0 aliphatic rings. The molecule has 0 aliphatic heterocycles. The number of carboxylic acids is 1. The van der Waals surface area contributed by atoms with Crippen LogP contribution in [-0.4, -0.2) is 25.3 Å². The topological polar surface area (TPSA) is 55.8 Å². The highest BCUT2D eigenvalue weighted by molar-refractivity contribution is 6.31. The fraction of sp³-hybridized carbons (Fsp3) is 0.462. The molecule has 0 unspecified atom stereocenters. The molecule has 0 radical (unpaired) electrons. The highest BCUT2D eigenvalue weighted by Gasteiger charge is 2.30. The van der Waals surface area contributed by atoms with Gasteiger partial charge in [0.15, 0.2) is 0 Å². The van der Waals surface area contributed by atoms with Crippen LogP contribution in [-0.2, 0) is 11.2 Å². The summed E-state index contributed by atoms with van der Waals surface area (Å²) in [6.45, 7) is 3.30. The van der Waals surface area contributed by atoms with Crippen molar-refractivity contribution in [2.75, 3.05) is 14.2 Å². The van der Waals surface area contributed by atoms with E-state index in [-0.39, 0.29) is 6.42 Å². The van der Waals surface area contributed by atoms with Gasteiger partial charge in [0.25, 0.3) is 0 Å². The molecule has 5 heteroatoms. The number of methoxy groups -OCH3 is 2. The molecule has 1 rings (SSSR count). The fourth-order valence-corrected chi connectivity index (χ4v) is 1.84. The number of rotatable bonds is 5. The molecule has 0 aromatic heterocycles. The van der Waals surface area contributed by atoms with E-state index in [1.54, 1.807) is 26.0 Å². The number of benzene rings is 1. The monoisotopic (exact) mass is 272 g/mol. The second-order valence-electron chi connectivity index (χ2n) is 4.66. The molecule has 4 nitrogen and oxygen atoms in total. The van der Waals surface area contributed by atoms with Crippen LogP contribution in [0.4, 0.5) is 0 Å².